The Hall–Kier alpha value is -3.28. The summed E-state index contributed by atoms with van der Waals surface area (Å²) in [5, 5.41) is 9.17. The van der Waals surface area contributed by atoms with Gasteiger partial charge in [-0.1, -0.05) is 6.08 Å². The van der Waals surface area contributed by atoms with Gasteiger partial charge in [0.1, 0.15) is 0 Å². The van der Waals surface area contributed by atoms with E-state index < -0.39 is 0 Å². The number of rotatable bonds is 15. The molecule has 0 radical (unpaired) electrons. The van der Waals surface area contributed by atoms with E-state index in [0.29, 0.717) is 69.5 Å². The number of carbonyl (C=O) groups excluding carboxylic acids is 1. The van der Waals surface area contributed by atoms with E-state index in [1.165, 1.54) is 0 Å². The van der Waals surface area contributed by atoms with Crippen molar-refractivity contribution in [3.63, 3.8) is 0 Å². The maximum atomic E-state index is 12.3. The van der Waals surface area contributed by atoms with Crippen LogP contribution in [0.5, 0.6) is 0 Å². The van der Waals surface area contributed by atoms with E-state index in [4.69, 9.17) is 15.2 Å². The van der Waals surface area contributed by atoms with Crippen molar-refractivity contribution in [3.8, 4) is 0 Å². The number of hydrogen-bond acceptors (Lipinski definition) is 10. The van der Waals surface area contributed by atoms with Crippen LogP contribution < -0.4 is 26.6 Å². The topological polar surface area (TPSA) is 140 Å². The van der Waals surface area contributed by atoms with Crippen molar-refractivity contribution in [1.29, 1.82) is 0 Å². The highest BCUT2D eigenvalue weighted by molar-refractivity contribution is 5.94. The molecule has 0 unspecified atom stereocenters. The van der Waals surface area contributed by atoms with Crippen molar-refractivity contribution in [1.82, 2.24) is 20.3 Å². The molecule has 0 saturated carbocycles. The Morgan fingerprint density at radius 3 is 2.44 bits per heavy atom. The van der Waals surface area contributed by atoms with Crippen LogP contribution in [0.15, 0.2) is 36.9 Å². The van der Waals surface area contributed by atoms with Gasteiger partial charge in [-0.25, -0.2) is 0 Å². The Kier molecular flexibility index (Phi) is 10.5. The zero-order valence-electron chi connectivity index (χ0n) is 19.5. The van der Waals surface area contributed by atoms with Crippen LogP contribution >= 0.6 is 0 Å². The minimum absolute atomic E-state index is 0.165. The normalized spacial score (nSPS) is 13.0. The number of anilines is 4. The predicted molar refractivity (Wildman–Crippen MR) is 133 cm³/mol. The first kappa shape index (κ1) is 25.3. The fourth-order valence-corrected chi connectivity index (χ4v) is 3.30. The molecule has 1 aliphatic heterocycles. The average molecular weight is 471 g/mol. The molecule has 0 spiro atoms. The number of nitrogens with two attached hydrogens (primary N) is 1. The summed E-state index contributed by atoms with van der Waals surface area (Å²) < 4.78 is 10.6. The summed E-state index contributed by atoms with van der Waals surface area (Å²) in [5.41, 5.74) is 6.67. The van der Waals surface area contributed by atoms with E-state index in [9.17, 15) is 4.79 Å². The van der Waals surface area contributed by atoms with Gasteiger partial charge in [0.15, 0.2) is 0 Å². The molecular weight excluding hydrogens is 436 g/mol. The maximum Gasteiger partial charge on any atom is 0.251 e. The van der Waals surface area contributed by atoms with E-state index in [-0.39, 0.29) is 5.91 Å². The quantitative estimate of drug-likeness (QED) is 0.224. The molecule has 5 N–H and O–H groups in total. The number of benzene rings is 1. The fourth-order valence-electron chi connectivity index (χ4n) is 3.30. The number of carbonyl (C=O) groups is 1. The van der Waals surface area contributed by atoms with E-state index in [1.54, 1.807) is 18.2 Å². The fraction of sp³-hybridized carbons (Fsp3) is 0.478. The zero-order chi connectivity index (χ0) is 24.0. The lowest BCUT2D eigenvalue weighted by Crippen LogP contribution is -2.27. The van der Waals surface area contributed by atoms with E-state index in [0.717, 1.165) is 31.6 Å². The Bertz CT molecular complexity index is 904. The maximum absolute atomic E-state index is 12.3. The molecule has 11 heteroatoms. The smallest absolute Gasteiger partial charge is 0.251 e. The van der Waals surface area contributed by atoms with E-state index >= 15 is 0 Å². The van der Waals surface area contributed by atoms with Crippen molar-refractivity contribution in [2.45, 2.75) is 12.8 Å². The molecule has 0 aliphatic carbocycles. The van der Waals surface area contributed by atoms with Gasteiger partial charge >= 0.3 is 0 Å². The molecule has 34 heavy (non-hydrogen) atoms. The number of nitrogens with one attached hydrogen (secondary N) is 3. The summed E-state index contributed by atoms with van der Waals surface area (Å²) in [6.45, 7) is 8.95. The van der Waals surface area contributed by atoms with Crippen LogP contribution in [0.4, 0.5) is 23.5 Å². The molecule has 11 nitrogen and oxygen atoms in total. The third-order valence-electron chi connectivity index (χ3n) is 4.99. The summed E-state index contributed by atoms with van der Waals surface area (Å²) >= 11 is 0. The van der Waals surface area contributed by atoms with Crippen molar-refractivity contribution >= 4 is 29.4 Å². The zero-order valence-corrected chi connectivity index (χ0v) is 19.5. The molecule has 1 aromatic heterocycles. The summed E-state index contributed by atoms with van der Waals surface area (Å²) in [6.07, 6.45) is 4.01. The second-order valence-electron chi connectivity index (χ2n) is 7.62. The second kappa shape index (κ2) is 14.1. The molecule has 3 rings (SSSR count). The second-order valence-corrected chi connectivity index (χ2v) is 7.62. The molecule has 184 valence electrons. The lowest BCUT2D eigenvalue weighted by Gasteiger charge is -2.17. The average Bonchev–Trinajstić information content (AvgIpc) is 3.40. The molecule has 1 amide bonds. The first-order valence-corrected chi connectivity index (χ1v) is 11.6. The summed E-state index contributed by atoms with van der Waals surface area (Å²) in [6, 6.07) is 7.13. The van der Waals surface area contributed by atoms with Crippen LogP contribution in [0.2, 0.25) is 0 Å². The molecule has 1 fully saturated rings. The molecule has 2 heterocycles. The molecule has 1 aliphatic rings. The van der Waals surface area contributed by atoms with Crippen LogP contribution in [0.25, 0.3) is 0 Å². The van der Waals surface area contributed by atoms with Gasteiger partial charge in [-0.15, -0.1) is 6.58 Å². The Morgan fingerprint density at radius 1 is 1.03 bits per heavy atom. The minimum Gasteiger partial charge on any atom is -0.378 e. The summed E-state index contributed by atoms with van der Waals surface area (Å²) in [5.74, 6) is 1.41. The Balaban J connectivity index is 1.51. The van der Waals surface area contributed by atoms with Crippen LogP contribution in [0.3, 0.4) is 0 Å². The predicted octanol–water partition coefficient (Wildman–Crippen LogP) is 1.54. The van der Waals surface area contributed by atoms with Crippen LogP contribution in [-0.4, -0.2) is 80.0 Å². The van der Waals surface area contributed by atoms with Gasteiger partial charge in [-0.3, -0.25) is 4.79 Å². The highest BCUT2D eigenvalue weighted by atomic mass is 16.5. The van der Waals surface area contributed by atoms with Crippen LogP contribution in [0.1, 0.15) is 23.2 Å². The largest absolute Gasteiger partial charge is 0.378 e. The summed E-state index contributed by atoms with van der Waals surface area (Å²) in [4.78, 5) is 28.0. The molecule has 0 atom stereocenters. The minimum atomic E-state index is -0.165. The standard InChI is InChI=1S/C23H34N8O3/c1-2-10-26-21-28-22(30-23(29-21)31-12-3-4-13-31)27-19-7-5-18(6-8-19)20(32)25-11-15-34-17-16-33-14-9-24/h2,5-8H,1,3-4,9-17,24H2,(H,25,32)(H2,26,27,28,29,30). The van der Waals surface area contributed by atoms with Crippen molar-refractivity contribution in [2.24, 2.45) is 5.73 Å². The van der Waals surface area contributed by atoms with Gasteiger partial charge in [0.05, 0.1) is 26.4 Å². The molecule has 1 aromatic carbocycles. The van der Waals surface area contributed by atoms with Crippen LogP contribution in [-0.2, 0) is 9.47 Å². The molecule has 1 saturated heterocycles. The van der Waals surface area contributed by atoms with Crippen molar-refractivity contribution < 1.29 is 14.3 Å². The molecule has 0 bridgehead atoms. The Labute approximate surface area is 200 Å². The number of aromatic nitrogens is 3. The number of hydrogen-bond donors (Lipinski definition) is 4. The summed E-state index contributed by atoms with van der Waals surface area (Å²) in [7, 11) is 0. The molecule has 2 aromatic rings. The first-order chi connectivity index (χ1) is 16.7. The van der Waals surface area contributed by atoms with Gasteiger partial charge in [0, 0.05) is 44.0 Å². The Morgan fingerprint density at radius 2 is 1.74 bits per heavy atom. The van der Waals surface area contributed by atoms with E-state index in [2.05, 4.69) is 42.4 Å². The number of ether oxygens (including phenoxy) is 2. The van der Waals surface area contributed by atoms with Crippen molar-refractivity contribution in [3.05, 3.63) is 42.5 Å². The third-order valence-corrected chi connectivity index (χ3v) is 4.99. The monoisotopic (exact) mass is 470 g/mol. The molecular formula is C23H34N8O3. The van der Waals surface area contributed by atoms with Gasteiger partial charge in [0.2, 0.25) is 17.8 Å². The lowest BCUT2D eigenvalue weighted by atomic mass is 10.2. The SMILES string of the molecule is C=CCNc1nc(Nc2ccc(C(=O)NCCOCCOCCN)cc2)nc(N2CCCC2)n1. The number of nitrogens with zero attached hydrogens (tertiary/aromatic N) is 4. The van der Waals surface area contributed by atoms with Gasteiger partial charge in [-0.05, 0) is 37.1 Å². The van der Waals surface area contributed by atoms with E-state index in [1.807, 2.05) is 12.1 Å². The number of amides is 1. The highest BCUT2D eigenvalue weighted by Gasteiger charge is 2.17. The van der Waals surface area contributed by atoms with Crippen LogP contribution in [0, 0.1) is 0 Å². The van der Waals surface area contributed by atoms with Gasteiger partial charge in [-0.2, -0.15) is 15.0 Å². The highest BCUT2D eigenvalue weighted by Crippen LogP contribution is 2.21. The van der Waals surface area contributed by atoms with Crippen molar-refractivity contribution in [2.75, 3.05) is 74.7 Å². The van der Waals surface area contributed by atoms with Gasteiger partial charge < -0.3 is 36.1 Å². The van der Waals surface area contributed by atoms with Gasteiger partial charge in [0.25, 0.3) is 5.91 Å². The third kappa shape index (κ3) is 8.25. The first-order valence-electron chi connectivity index (χ1n) is 11.6. The lowest BCUT2D eigenvalue weighted by molar-refractivity contribution is 0.0511.